The van der Waals surface area contributed by atoms with Gasteiger partial charge in [-0.05, 0) is 0 Å². The van der Waals surface area contributed by atoms with Gasteiger partial charge < -0.3 is 14.6 Å². The van der Waals surface area contributed by atoms with Crippen LogP contribution >= 0.6 is 0 Å². The molecule has 0 aromatic carbocycles. The number of ether oxygens (including phenoxy) is 1. The van der Waals surface area contributed by atoms with Crippen LogP contribution in [0.4, 0.5) is 10.7 Å². The first-order valence-corrected chi connectivity index (χ1v) is 5.38. The van der Waals surface area contributed by atoms with Crippen molar-refractivity contribution in [3.05, 3.63) is 11.3 Å². The standard InChI is InChI=1S/C11H17N3O4/c1-11(2,3)7-6(9(15)17-5)8(18-14-7)13-10(16)12-4/h1-5H3,(H2,12,13,16). The molecule has 100 valence electrons. The van der Waals surface area contributed by atoms with Crippen molar-refractivity contribution in [3.63, 3.8) is 0 Å². The summed E-state index contributed by atoms with van der Waals surface area (Å²) < 4.78 is 9.67. The van der Waals surface area contributed by atoms with Crippen molar-refractivity contribution in [1.82, 2.24) is 10.5 Å². The Balaban J connectivity index is 3.24. The van der Waals surface area contributed by atoms with Crippen LogP contribution in [0.5, 0.6) is 0 Å². The molecule has 0 aliphatic carbocycles. The summed E-state index contributed by atoms with van der Waals surface area (Å²) in [5.74, 6) is -0.626. The van der Waals surface area contributed by atoms with E-state index in [1.165, 1.54) is 14.2 Å². The predicted octanol–water partition coefficient (Wildman–Crippen LogP) is 1.51. The monoisotopic (exact) mass is 255 g/mol. The molecule has 0 fully saturated rings. The first-order chi connectivity index (χ1) is 8.31. The molecule has 1 aromatic rings. The molecule has 7 heteroatoms. The fourth-order valence-electron chi connectivity index (χ4n) is 1.34. The normalized spacial score (nSPS) is 10.9. The molecular formula is C11H17N3O4. The Kier molecular flexibility index (Phi) is 3.95. The molecule has 0 saturated heterocycles. The van der Waals surface area contributed by atoms with Gasteiger partial charge in [0.1, 0.15) is 11.3 Å². The van der Waals surface area contributed by atoms with E-state index in [4.69, 9.17) is 4.52 Å². The highest BCUT2D eigenvalue weighted by Crippen LogP contribution is 2.30. The van der Waals surface area contributed by atoms with Crippen molar-refractivity contribution in [1.29, 1.82) is 0 Å². The second-order valence-corrected chi connectivity index (χ2v) is 4.68. The van der Waals surface area contributed by atoms with Gasteiger partial charge in [-0.15, -0.1) is 0 Å². The lowest BCUT2D eigenvalue weighted by Crippen LogP contribution is -2.26. The van der Waals surface area contributed by atoms with E-state index in [-0.39, 0.29) is 11.4 Å². The van der Waals surface area contributed by atoms with Gasteiger partial charge in [0.25, 0.3) is 0 Å². The molecule has 7 nitrogen and oxygen atoms in total. The molecule has 0 radical (unpaired) electrons. The van der Waals surface area contributed by atoms with Gasteiger partial charge >= 0.3 is 12.0 Å². The highest BCUT2D eigenvalue weighted by atomic mass is 16.5. The molecule has 0 spiro atoms. The summed E-state index contributed by atoms with van der Waals surface area (Å²) in [5.41, 5.74) is 0.157. The van der Waals surface area contributed by atoms with Gasteiger partial charge in [0.05, 0.1) is 7.11 Å². The molecule has 0 unspecified atom stereocenters. The average Bonchev–Trinajstić information content (AvgIpc) is 2.71. The zero-order chi connectivity index (χ0) is 13.9. The topological polar surface area (TPSA) is 93.5 Å². The minimum absolute atomic E-state index is 0.0221. The molecule has 2 amide bonds. The Morgan fingerprint density at radius 3 is 2.39 bits per heavy atom. The van der Waals surface area contributed by atoms with E-state index >= 15 is 0 Å². The molecule has 0 aliphatic rings. The predicted molar refractivity (Wildman–Crippen MR) is 64.6 cm³/mol. The van der Waals surface area contributed by atoms with Crippen LogP contribution in [-0.4, -0.2) is 31.3 Å². The van der Waals surface area contributed by atoms with Crippen LogP contribution in [0.25, 0.3) is 0 Å². The van der Waals surface area contributed by atoms with E-state index in [1.807, 2.05) is 20.8 Å². The summed E-state index contributed by atoms with van der Waals surface area (Å²) in [5, 5.41) is 8.57. The zero-order valence-corrected chi connectivity index (χ0v) is 11.1. The van der Waals surface area contributed by atoms with Gasteiger partial charge in [0.2, 0.25) is 5.88 Å². The maximum Gasteiger partial charge on any atom is 0.345 e. The molecule has 18 heavy (non-hydrogen) atoms. The number of aromatic nitrogens is 1. The number of nitrogens with one attached hydrogen (secondary N) is 2. The number of anilines is 1. The van der Waals surface area contributed by atoms with Crippen molar-refractivity contribution in [2.75, 3.05) is 19.5 Å². The number of hydrogen-bond acceptors (Lipinski definition) is 5. The summed E-state index contributed by atoms with van der Waals surface area (Å²) in [7, 11) is 2.71. The van der Waals surface area contributed by atoms with Crippen molar-refractivity contribution in [2.45, 2.75) is 26.2 Å². The SMILES string of the molecule is CNC(=O)Nc1onc(C(C)(C)C)c1C(=O)OC. The van der Waals surface area contributed by atoms with Gasteiger partial charge in [-0.1, -0.05) is 25.9 Å². The largest absolute Gasteiger partial charge is 0.465 e. The van der Waals surface area contributed by atoms with Crippen molar-refractivity contribution < 1.29 is 18.8 Å². The highest BCUT2D eigenvalue weighted by molar-refractivity contribution is 6.00. The summed E-state index contributed by atoms with van der Waals surface area (Å²) in [6.45, 7) is 5.63. The number of rotatable bonds is 2. The van der Waals surface area contributed by atoms with E-state index in [2.05, 4.69) is 20.5 Å². The fourth-order valence-corrected chi connectivity index (χ4v) is 1.34. The Morgan fingerprint density at radius 1 is 1.33 bits per heavy atom. The quantitative estimate of drug-likeness (QED) is 0.781. The van der Waals surface area contributed by atoms with Crippen LogP contribution in [0.15, 0.2) is 4.52 Å². The summed E-state index contributed by atoms with van der Waals surface area (Å²) in [6, 6.07) is -0.503. The summed E-state index contributed by atoms with van der Waals surface area (Å²) in [4.78, 5) is 23.0. The lowest BCUT2D eigenvalue weighted by molar-refractivity contribution is 0.0599. The third-order valence-electron chi connectivity index (χ3n) is 2.25. The average molecular weight is 255 g/mol. The maximum absolute atomic E-state index is 11.7. The summed E-state index contributed by atoms with van der Waals surface area (Å²) in [6.07, 6.45) is 0. The van der Waals surface area contributed by atoms with Gasteiger partial charge in [-0.2, -0.15) is 0 Å². The van der Waals surface area contributed by atoms with Crippen LogP contribution < -0.4 is 10.6 Å². The van der Waals surface area contributed by atoms with Crippen molar-refractivity contribution >= 4 is 17.9 Å². The van der Waals surface area contributed by atoms with Crippen LogP contribution in [-0.2, 0) is 10.2 Å². The number of amides is 2. The van der Waals surface area contributed by atoms with E-state index < -0.39 is 17.4 Å². The minimum atomic E-state index is -0.604. The second-order valence-electron chi connectivity index (χ2n) is 4.68. The van der Waals surface area contributed by atoms with Gasteiger partial charge in [-0.25, -0.2) is 9.59 Å². The number of methoxy groups -OCH3 is 1. The Bertz CT molecular complexity index is 459. The Morgan fingerprint density at radius 2 is 1.94 bits per heavy atom. The molecular weight excluding hydrogens is 238 g/mol. The van der Waals surface area contributed by atoms with Crippen molar-refractivity contribution in [2.24, 2.45) is 0 Å². The molecule has 1 heterocycles. The molecule has 1 rings (SSSR count). The second kappa shape index (κ2) is 5.07. The molecule has 2 N–H and O–H groups in total. The number of esters is 1. The fraction of sp³-hybridized carbons (Fsp3) is 0.545. The maximum atomic E-state index is 11.7. The van der Waals surface area contributed by atoms with Gasteiger partial charge in [-0.3, -0.25) is 5.32 Å². The van der Waals surface area contributed by atoms with Crippen LogP contribution in [0.2, 0.25) is 0 Å². The Labute approximate surface area is 105 Å². The molecule has 1 aromatic heterocycles. The van der Waals surface area contributed by atoms with E-state index in [9.17, 15) is 9.59 Å². The number of nitrogens with zero attached hydrogens (tertiary/aromatic N) is 1. The lowest BCUT2D eigenvalue weighted by Gasteiger charge is -2.15. The smallest absolute Gasteiger partial charge is 0.345 e. The number of carbonyl (C=O) groups excluding carboxylic acids is 2. The number of hydrogen-bond donors (Lipinski definition) is 2. The molecule has 0 saturated carbocycles. The van der Waals surface area contributed by atoms with Crippen molar-refractivity contribution in [3.8, 4) is 0 Å². The zero-order valence-electron chi connectivity index (χ0n) is 11.1. The highest BCUT2D eigenvalue weighted by Gasteiger charge is 2.31. The van der Waals surface area contributed by atoms with E-state index in [0.29, 0.717) is 5.69 Å². The van der Waals surface area contributed by atoms with E-state index in [1.54, 1.807) is 0 Å². The first kappa shape index (κ1) is 14.0. The summed E-state index contributed by atoms with van der Waals surface area (Å²) >= 11 is 0. The third kappa shape index (κ3) is 2.79. The lowest BCUT2D eigenvalue weighted by atomic mass is 9.89. The van der Waals surface area contributed by atoms with Crippen LogP contribution in [0.3, 0.4) is 0 Å². The molecule has 0 bridgehead atoms. The minimum Gasteiger partial charge on any atom is -0.465 e. The third-order valence-corrected chi connectivity index (χ3v) is 2.25. The number of carbonyl (C=O) groups is 2. The Hall–Kier alpha value is -2.05. The van der Waals surface area contributed by atoms with Crippen LogP contribution in [0, 0.1) is 0 Å². The van der Waals surface area contributed by atoms with E-state index in [0.717, 1.165) is 0 Å². The van der Waals surface area contributed by atoms with Gasteiger partial charge in [0.15, 0.2) is 0 Å². The molecule has 0 aliphatic heterocycles. The number of urea groups is 1. The van der Waals surface area contributed by atoms with Gasteiger partial charge in [0, 0.05) is 12.5 Å². The molecule has 0 atom stereocenters. The first-order valence-electron chi connectivity index (χ1n) is 5.38. The van der Waals surface area contributed by atoms with Crippen LogP contribution in [0.1, 0.15) is 36.8 Å².